The Hall–Kier alpha value is -2.41. The van der Waals surface area contributed by atoms with Gasteiger partial charge in [0.15, 0.2) is 5.82 Å². The van der Waals surface area contributed by atoms with Gasteiger partial charge < -0.3 is 15.1 Å². The molecular formula is C14H15ClN6O. The molecule has 2 aromatic rings. The molecule has 22 heavy (non-hydrogen) atoms. The molecule has 1 aliphatic heterocycles. The van der Waals surface area contributed by atoms with E-state index in [0.717, 1.165) is 12.1 Å². The number of anilines is 3. The highest BCUT2D eigenvalue weighted by Gasteiger charge is 2.18. The molecular weight excluding hydrogens is 304 g/mol. The molecule has 0 saturated carbocycles. The molecule has 0 spiro atoms. The van der Waals surface area contributed by atoms with E-state index < -0.39 is 0 Å². The van der Waals surface area contributed by atoms with Gasteiger partial charge in [-0.15, -0.1) is 5.10 Å². The van der Waals surface area contributed by atoms with Gasteiger partial charge in [0.05, 0.1) is 16.9 Å². The van der Waals surface area contributed by atoms with Crippen molar-refractivity contribution in [2.75, 3.05) is 36.4 Å². The summed E-state index contributed by atoms with van der Waals surface area (Å²) in [5.41, 5.74) is 0.765. The molecule has 0 unspecified atom stereocenters. The lowest BCUT2D eigenvalue weighted by Gasteiger charge is -2.32. The van der Waals surface area contributed by atoms with E-state index in [-0.39, 0.29) is 0 Å². The Balaban J connectivity index is 1.73. The highest BCUT2D eigenvalue weighted by Crippen LogP contribution is 2.24. The predicted octanol–water partition coefficient (Wildman–Crippen LogP) is 1.55. The second-order valence-electron chi connectivity index (χ2n) is 4.87. The zero-order chi connectivity index (χ0) is 15.4. The number of carbonyl (C=O) groups excluding carboxylic acids is 1. The number of nitrogens with zero attached hydrogens (tertiary/aromatic N) is 5. The fraction of sp³-hybridized carbons (Fsp3) is 0.286. The van der Waals surface area contributed by atoms with E-state index in [0.29, 0.717) is 43.0 Å². The summed E-state index contributed by atoms with van der Waals surface area (Å²) in [4.78, 5) is 18.9. The first-order valence-corrected chi connectivity index (χ1v) is 7.29. The van der Waals surface area contributed by atoms with E-state index >= 15 is 0 Å². The van der Waals surface area contributed by atoms with Crippen molar-refractivity contribution in [2.45, 2.75) is 0 Å². The number of benzene rings is 1. The fourth-order valence-corrected chi connectivity index (χ4v) is 2.40. The minimum absolute atomic E-state index is 0.544. The van der Waals surface area contributed by atoms with Gasteiger partial charge in [0, 0.05) is 26.2 Å². The van der Waals surface area contributed by atoms with E-state index in [2.05, 4.69) is 20.5 Å². The minimum Gasteiger partial charge on any atom is -0.342 e. The number of halogens is 1. The number of amides is 1. The smallest absolute Gasteiger partial charge is 0.247 e. The minimum atomic E-state index is 0.544. The Labute approximate surface area is 132 Å². The van der Waals surface area contributed by atoms with Gasteiger partial charge in [-0.1, -0.05) is 23.7 Å². The van der Waals surface area contributed by atoms with Crippen molar-refractivity contribution in [1.29, 1.82) is 0 Å². The Bertz CT molecular complexity index is 659. The van der Waals surface area contributed by atoms with Crippen molar-refractivity contribution in [3.8, 4) is 0 Å². The zero-order valence-electron chi connectivity index (χ0n) is 11.8. The van der Waals surface area contributed by atoms with E-state index in [4.69, 9.17) is 11.6 Å². The van der Waals surface area contributed by atoms with Crippen LogP contribution in [0.25, 0.3) is 0 Å². The van der Waals surface area contributed by atoms with Crippen LogP contribution in [0.5, 0.6) is 0 Å². The highest BCUT2D eigenvalue weighted by molar-refractivity contribution is 6.33. The van der Waals surface area contributed by atoms with E-state index in [9.17, 15) is 4.79 Å². The predicted molar refractivity (Wildman–Crippen MR) is 84.4 cm³/mol. The molecule has 114 valence electrons. The van der Waals surface area contributed by atoms with Crippen molar-refractivity contribution in [3.05, 3.63) is 35.5 Å². The Kier molecular flexibility index (Phi) is 4.34. The zero-order valence-corrected chi connectivity index (χ0v) is 12.6. The summed E-state index contributed by atoms with van der Waals surface area (Å²) in [6.45, 7) is 2.70. The van der Waals surface area contributed by atoms with Gasteiger partial charge in [-0.3, -0.25) is 4.79 Å². The lowest BCUT2D eigenvalue weighted by Crippen LogP contribution is -2.46. The molecule has 1 fully saturated rings. The number of rotatable bonds is 4. The molecule has 1 saturated heterocycles. The van der Waals surface area contributed by atoms with Crippen molar-refractivity contribution in [2.24, 2.45) is 0 Å². The molecule has 8 heteroatoms. The van der Waals surface area contributed by atoms with Crippen LogP contribution in [-0.4, -0.2) is 52.7 Å². The van der Waals surface area contributed by atoms with E-state index in [1.54, 1.807) is 17.2 Å². The second-order valence-corrected chi connectivity index (χ2v) is 5.28. The number of hydrogen-bond acceptors (Lipinski definition) is 6. The molecule has 1 aromatic carbocycles. The first kappa shape index (κ1) is 14.5. The maximum Gasteiger partial charge on any atom is 0.247 e. The summed E-state index contributed by atoms with van der Waals surface area (Å²) in [5, 5.41) is 11.8. The molecule has 1 amide bonds. The van der Waals surface area contributed by atoms with Crippen molar-refractivity contribution >= 4 is 35.5 Å². The van der Waals surface area contributed by atoms with E-state index in [1.807, 2.05) is 23.1 Å². The van der Waals surface area contributed by atoms with Crippen molar-refractivity contribution in [3.63, 3.8) is 0 Å². The standard InChI is InChI=1S/C14H15ClN6O/c15-11-3-1-2-4-12(11)17-13-9-16-19-14(18-13)21-7-5-20(10-22)6-8-21/h1-4,9-10H,5-8H2,(H,17,18,19). The lowest BCUT2D eigenvalue weighted by atomic mass is 10.3. The quantitative estimate of drug-likeness (QED) is 0.862. The molecule has 7 nitrogen and oxygen atoms in total. The Morgan fingerprint density at radius 2 is 1.95 bits per heavy atom. The van der Waals surface area contributed by atoms with Gasteiger partial charge in [0.25, 0.3) is 0 Å². The molecule has 1 aromatic heterocycles. The van der Waals surface area contributed by atoms with Crippen LogP contribution in [0.2, 0.25) is 5.02 Å². The average molecular weight is 319 g/mol. The summed E-state index contributed by atoms with van der Waals surface area (Å²) in [6.07, 6.45) is 2.42. The molecule has 0 aliphatic carbocycles. The molecule has 0 atom stereocenters. The van der Waals surface area contributed by atoms with Gasteiger partial charge >= 0.3 is 0 Å². The summed E-state index contributed by atoms with van der Waals surface area (Å²) >= 11 is 6.12. The number of piperazine rings is 1. The van der Waals surface area contributed by atoms with Crippen LogP contribution < -0.4 is 10.2 Å². The summed E-state index contributed by atoms with van der Waals surface area (Å²) in [6, 6.07) is 7.43. The normalized spacial score (nSPS) is 14.8. The largest absolute Gasteiger partial charge is 0.342 e. The average Bonchev–Trinajstić information content (AvgIpc) is 2.57. The number of carbonyl (C=O) groups is 1. The highest BCUT2D eigenvalue weighted by atomic mass is 35.5. The number of para-hydroxylation sites is 1. The number of hydrogen-bond donors (Lipinski definition) is 1. The van der Waals surface area contributed by atoms with Gasteiger partial charge in [-0.05, 0) is 12.1 Å². The number of aromatic nitrogens is 3. The molecule has 2 heterocycles. The summed E-state index contributed by atoms with van der Waals surface area (Å²) in [7, 11) is 0. The van der Waals surface area contributed by atoms with Crippen LogP contribution >= 0.6 is 11.6 Å². The molecule has 3 rings (SSSR count). The Morgan fingerprint density at radius 1 is 1.18 bits per heavy atom. The van der Waals surface area contributed by atoms with E-state index in [1.165, 1.54) is 0 Å². The van der Waals surface area contributed by atoms with Gasteiger partial charge in [-0.2, -0.15) is 10.1 Å². The maximum absolute atomic E-state index is 10.7. The molecule has 1 aliphatic rings. The van der Waals surface area contributed by atoms with Crippen LogP contribution in [0.3, 0.4) is 0 Å². The maximum atomic E-state index is 10.7. The molecule has 1 N–H and O–H groups in total. The van der Waals surface area contributed by atoms with Gasteiger partial charge in [0.1, 0.15) is 0 Å². The van der Waals surface area contributed by atoms with Crippen LogP contribution in [0.15, 0.2) is 30.5 Å². The van der Waals surface area contributed by atoms with Crippen LogP contribution in [-0.2, 0) is 4.79 Å². The van der Waals surface area contributed by atoms with Crippen LogP contribution in [0.1, 0.15) is 0 Å². The van der Waals surface area contributed by atoms with Crippen LogP contribution in [0, 0.1) is 0 Å². The Morgan fingerprint density at radius 3 is 2.68 bits per heavy atom. The molecule has 0 radical (unpaired) electrons. The SMILES string of the molecule is O=CN1CCN(c2nncc(Nc3ccccc3Cl)n2)CC1. The third-order valence-corrected chi connectivity index (χ3v) is 3.76. The topological polar surface area (TPSA) is 74.2 Å². The summed E-state index contributed by atoms with van der Waals surface area (Å²) in [5.74, 6) is 1.12. The fourth-order valence-electron chi connectivity index (χ4n) is 2.22. The van der Waals surface area contributed by atoms with Gasteiger partial charge in [-0.25, -0.2) is 0 Å². The monoisotopic (exact) mass is 318 g/mol. The number of nitrogens with one attached hydrogen (secondary N) is 1. The second kappa shape index (κ2) is 6.57. The molecule has 0 bridgehead atoms. The van der Waals surface area contributed by atoms with Crippen LogP contribution in [0.4, 0.5) is 17.5 Å². The first-order valence-electron chi connectivity index (χ1n) is 6.92. The summed E-state index contributed by atoms with van der Waals surface area (Å²) < 4.78 is 0. The third-order valence-electron chi connectivity index (χ3n) is 3.43. The van der Waals surface area contributed by atoms with Crippen molar-refractivity contribution in [1.82, 2.24) is 20.1 Å². The van der Waals surface area contributed by atoms with Crippen molar-refractivity contribution < 1.29 is 4.79 Å². The lowest BCUT2D eigenvalue weighted by molar-refractivity contribution is -0.118. The first-order chi connectivity index (χ1) is 10.8. The third kappa shape index (κ3) is 3.25. The van der Waals surface area contributed by atoms with Gasteiger partial charge in [0.2, 0.25) is 12.4 Å².